The minimum absolute atomic E-state index is 0.117. The second-order valence-corrected chi connectivity index (χ2v) is 5.87. The summed E-state index contributed by atoms with van der Waals surface area (Å²) in [5, 5.41) is 0.117. The third kappa shape index (κ3) is 2.55. The van der Waals surface area contributed by atoms with E-state index in [9.17, 15) is 4.39 Å². The molecular formula is C13H15ClFN3S. The van der Waals surface area contributed by atoms with Gasteiger partial charge in [-0.3, -0.25) is 0 Å². The maximum atomic E-state index is 13.6. The zero-order chi connectivity index (χ0) is 13.6. The van der Waals surface area contributed by atoms with E-state index in [4.69, 9.17) is 23.8 Å². The number of halogens is 2. The molecule has 19 heavy (non-hydrogen) atoms. The van der Waals surface area contributed by atoms with E-state index in [2.05, 4.69) is 16.9 Å². The summed E-state index contributed by atoms with van der Waals surface area (Å²) in [5.41, 5.74) is 1.56. The lowest BCUT2D eigenvalue weighted by atomic mass is 10.3. The van der Waals surface area contributed by atoms with Gasteiger partial charge in [0.2, 0.25) is 0 Å². The molecule has 0 amide bonds. The second-order valence-electron chi connectivity index (χ2n) is 5.08. The summed E-state index contributed by atoms with van der Waals surface area (Å²) >= 11 is 11.1. The fourth-order valence-electron chi connectivity index (χ4n) is 2.33. The molecule has 0 saturated heterocycles. The predicted molar refractivity (Wildman–Crippen MR) is 77.7 cm³/mol. The van der Waals surface area contributed by atoms with Gasteiger partial charge in [0.1, 0.15) is 5.82 Å². The summed E-state index contributed by atoms with van der Waals surface area (Å²) in [5.74, 6) is -0.410. The number of nitrogens with zero attached hydrogens (tertiary/aromatic N) is 2. The largest absolute Gasteiger partial charge is 0.331 e. The van der Waals surface area contributed by atoms with Gasteiger partial charge < -0.3 is 14.5 Å². The molecule has 1 saturated carbocycles. The third-order valence-corrected chi connectivity index (χ3v) is 4.27. The van der Waals surface area contributed by atoms with Gasteiger partial charge in [-0.2, -0.15) is 0 Å². The summed E-state index contributed by atoms with van der Waals surface area (Å²) in [7, 11) is 2.12. The van der Waals surface area contributed by atoms with Crippen LogP contribution in [0.5, 0.6) is 0 Å². The van der Waals surface area contributed by atoms with E-state index in [1.165, 1.54) is 18.9 Å². The first kappa shape index (κ1) is 13.1. The van der Waals surface area contributed by atoms with Crippen molar-refractivity contribution in [3.63, 3.8) is 0 Å². The molecule has 6 heteroatoms. The average molecular weight is 300 g/mol. The quantitative estimate of drug-likeness (QED) is 0.873. The zero-order valence-electron chi connectivity index (χ0n) is 10.6. The first-order chi connectivity index (χ1) is 9.06. The van der Waals surface area contributed by atoms with E-state index in [0.29, 0.717) is 10.8 Å². The monoisotopic (exact) mass is 299 g/mol. The molecule has 2 aromatic rings. The molecule has 1 fully saturated rings. The molecule has 1 aliphatic rings. The Balaban J connectivity index is 1.91. The van der Waals surface area contributed by atoms with Gasteiger partial charge in [-0.1, -0.05) is 11.6 Å². The van der Waals surface area contributed by atoms with Crippen LogP contribution in [0.1, 0.15) is 12.8 Å². The number of nitrogens with one attached hydrogen (secondary N) is 1. The molecule has 1 aromatic carbocycles. The molecule has 1 N–H and O–H groups in total. The van der Waals surface area contributed by atoms with E-state index in [1.54, 1.807) is 6.07 Å². The molecule has 3 nitrogen and oxygen atoms in total. The molecule has 1 aromatic heterocycles. The summed E-state index contributed by atoms with van der Waals surface area (Å²) in [6.07, 6.45) is 2.56. The number of imidazole rings is 1. The first-order valence-corrected chi connectivity index (χ1v) is 7.12. The van der Waals surface area contributed by atoms with E-state index in [-0.39, 0.29) is 5.02 Å². The molecule has 0 bridgehead atoms. The van der Waals surface area contributed by atoms with Crippen molar-refractivity contribution < 1.29 is 4.39 Å². The van der Waals surface area contributed by atoms with Crippen molar-refractivity contribution in [3.8, 4) is 0 Å². The van der Waals surface area contributed by atoms with Crippen LogP contribution in [0.4, 0.5) is 4.39 Å². The number of likely N-dealkylation sites (N-methyl/N-ethyl adjacent to an activating group) is 1. The molecule has 0 radical (unpaired) electrons. The third-order valence-electron chi connectivity index (χ3n) is 3.66. The Labute approximate surface area is 121 Å². The van der Waals surface area contributed by atoms with Crippen molar-refractivity contribution in [2.45, 2.75) is 25.4 Å². The number of fused-ring (bicyclic) bond motifs is 1. The van der Waals surface area contributed by atoms with Crippen LogP contribution < -0.4 is 0 Å². The van der Waals surface area contributed by atoms with Crippen molar-refractivity contribution in [3.05, 3.63) is 27.7 Å². The lowest BCUT2D eigenvalue weighted by molar-refractivity contribution is 0.310. The number of hydrogen-bond acceptors (Lipinski definition) is 2. The van der Waals surface area contributed by atoms with Gasteiger partial charge >= 0.3 is 0 Å². The molecule has 0 aliphatic heterocycles. The maximum absolute atomic E-state index is 13.6. The van der Waals surface area contributed by atoms with Crippen LogP contribution in [-0.4, -0.2) is 34.1 Å². The lowest BCUT2D eigenvalue weighted by Crippen LogP contribution is -2.25. The minimum Gasteiger partial charge on any atom is -0.331 e. The van der Waals surface area contributed by atoms with Crippen molar-refractivity contribution in [1.82, 2.24) is 14.5 Å². The van der Waals surface area contributed by atoms with Gasteiger partial charge in [0, 0.05) is 25.2 Å². The van der Waals surface area contributed by atoms with Crippen LogP contribution in [0.15, 0.2) is 12.1 Å². The number of rotatable bonds is 4. The highest BCUT2D eigenvalue weighted by Crippen LogP contribution is 2.26. The van der Waals surface area contributed by atoms with Gasteiger partial charge in [-0.05, 0) is 38.2 Å². The van der Waals surface area contributed by atoms with Gasteiger partial charge in [0.15, 0.2) is 4.77 Å². The van der Waals surface area contributed by atoms with E-state index >= 15 is 0 Å². The normalized spacial score (nSPS) is 15.6. The number of benzene rings is 1. The van der Waals surface area contributed by atoms with Crippen LogP contribution in [0, 0.1) is 10.6 Å². The fourth-order valence-corrected chi connectivity index (χ4v) is 2.79. The Kier molecular flexibility index (Phi) is 3.37. The van der Waals surface area contributed by atoms with E-state index in [0.717, 1.165) is 24.1 Å². The topological polar surface area (TPSA) is 24.0 Å². The Bertz CT molecular complexity index is 674. The number of H-pyrrole nitrogens is 1. The van der Waals surface area contributed by atoms with Crippen LogP contribution in [0.2, 0.25) is 5.02 Å². The van der Waals surface area contributed by atoms with Crippen LogP contribution in [0.25, 0.3) is 11.0 Å². The summed E-state index contributed by atoms with van der Waals surface area (Å²) < 4.78 is 16.1. The van der Waals surface area contributed by atoms with Gasteiger partial charge in [0.25, 0.3) is 0 Å². The molecule has 102 valence electrons. The highest BCUT2D eigenvalue weighted by atomic mass is 35.5. The SMILES string of the molecule is CN(CCn1c(=S)[nH]c2cc(Cl)c(F)cc21)C1CC1. The standard InChI is InChI=1S/C13H15ClFN3S/c1-17(8-2-3-8)4-5-18-12-7-10(15)9(14)6-11(12)16-13(18)19/h6-8H,2-5H2,1H3,(H,16,19). The van der Waals surface area contributed by atoms with Crippen LogP contribution in [-0.2, 0) is 6.54 Å². The Morgan fingerprint density at radius 1 is 1.53 bits per heavy atom. The minimum atomic E-state index is -0.410. The number of aromatic amines is 1. The summed E-state index contributed by atoms with van der Waals surface area (Å²) in [6, 6.07) is 3.75. The van der Waals surface area contributed by atoms with E-state index in [1.807, 2.05) is 4.57 Å². The Hall–Kier alpha value is -0.910. The second kappa shape index (κ2) is 4.89. The van der Waals surface area contributed by atoms with Gasteiger partial charge in [0.05, 0.1) is 16.1 Å². The lowest BCUT2D eigenvalue weighted by Gasteiger charge is -2.16. The van der Waals surface area contributed by atoms with Crippen molar-refractivity contribution in [2.24, 2.45) is 0 Å². The van der Waals surface area contributed by atoms with Crippen molar-refractivity contribution in [1.29, 1.82) is 0 Å². The number of hydrogen-bond donors (Lipinski definition) is 1. The van der Waals surface area contributed by atoms with Gasteiger partial charge in [-0.25, -0.2) is 4.39 Å². The molecule has 0 spiro atoms. The van der Waals surface area contributed by atoms with Gasteiger partial charge in [-0.15, -0.1) is 0 Å². The Morgan fingerprint density at radius 3 is 2.95 bits per heavy atom. The van der Waals surface area contributed by atoms with Crippen molar-refractivity contribution in [2.75, 3.05) is 13.6 Å². The Morgan fingerprint density at radius 2 is 2.26 bits per heavy atom. The van der Waals surface area contributed by atoms with Crippen LogP contribution >= 0.6 is 23.8 Å². The number of aromatic nitrogens is 2. The van der Waals surface area contributed by atoms with Crippen LogP contribution in [0.3, 0.4) is 0 Å². The highest BCUT2D eigenvalue weighted by molar-refractivity contribution is 7.71. The highest BCUT2D eigenvalue weighted by Gasteiger charge is 2.25. The average Bonchev–Trinajstić information content (AvgIpc) is 3.15. The molecule has 1 aliphatic carbocycles. The van der Waals surface area contributed by atoms with E-state index < -0.39 is 5.82 Å². The predicted octanol–water partition coefficient (Wildman–Crippen LogP) is 3.59. The smallest absolute Gasteiger partial charge is 0.178 e. The molecule has 0 unspecified atom stereocenters. The van der Waals surface area contributed by atoms with Crippen molar-refractivity contribution >= 4 is 34.9 Å². The first-order valence-electron chi connectivity index (χ1n) is 6.34. The molecule has 1 heterocycles. The maximum Gasteiger partial charge on any atom is 0.178 e. The molecule has 3 rings (SSSR count). The summed E-state index contributed by atoms with van der Waals surface area (Å²) in [6.45, 7) is 1.67. The zero-order valence-corrected chi connectivity index (χ0v) is 12.2. The fraction of sp³-hybridized carbons (Fsp3) is 0.462. The molecule has 0 atom stereocenters. The molecular weight excluding hydrogens is 285 g/mol. The summed E-state index contributed by atoms with van der Waals surface area (Å²) in [4.78, 5) is 5.40.